The Bertz CT molecular complexity index is 354. The Morgan fingerprint density at radius 3 is 2.40 bits per heavy atom. The second-order valence-corrected chi connectivity index (χ2v) is 4.36. The number of nitrogens with zero attached hydrogens (tertiary/aromatic N) is 3. The number of amidine groups is 1. The van der Waals surface area contributed by atoms with Gasteiger partial charge in [0.05, 0.1) is 6.54 Å². The zero-order chi connectivity index (χ0) is 15.2. The summed E-state index contributed by atoms with van der Waals surface area (Å²) in [6.07, 6.45) is -4.43. The number of nitrogens with two attached hydrogens (primary N) is 1. The molecular formula is C10H17F3N4O3. The first kappa shape index (κ1) is 16.5. The predicted molar refractivity (Wildman–Crippen MR) is 63.3 cm³/mol. The number of carbonyl (C=O) groups is 1. The van der Waals surface area contributed by atoms with E-state index in [2.05, 4.69) is 9.89 Å². The fourth-order valence-electron chi connectivity index (χ4n) is 1.76. The van der Waals surface area contributed by atoms with Crippen molar-refractivity contribution in [3.05, 3.63) is 0 Å². The highest BCUT2D eigenvalue weighted by molar-refractivity contribution is 5.81. The molecule has 1 aliphatic heterocycles. The van der Waals surface area contributed by atoms with Gasteiger partial charge < -0.3 is 20.6 Å². The van der Waals surface area contributed by atoms with E-state index in [9.17, 15) is 18.0 Å². The minimum Gasteiger partial charge on any atom is -0.409 e. The van der Waals surface area contributed by atoms with Crippen LogP contribution in [0.1, 0.15) is 0 Å². The lowest BCUT2D eigenvalue weighted by Crippen LogP contribution is -2.51. The fourth-order valence-corrected chi connectivity index (χ4v) is 1.76. The molecule has 0 bridgehead atoms. The van der Waals surface area contributed by atoms with Crippen LogP contribution in [0.25, 0.3) is 0 Å². The van der Waals surface area contributed by atoms with E-state index in [1.165, 1.54) is 4.90 Å². The number of hydrogen-bond donors (Lipinski definition) is 2. The van der Waals surface area contributed by atoms with Gasteiger partial charge in [-0.1, -0.05) is 5.16 Å². The van der Waals surface area contributed by atoms with Gasteiger partial charge in [-0.15, -0.1) is 0 Å². The molecule has 0 radical (unpaired) electrons. The molecule has 0 spiro atoms. The average Bonchev–Trinajstić information content (AvgIpc) is 2.37. The maximum absolute atomic E-state index is 11.9. The van der Waals surface area contributed by atoms with Gasteiger partial charge in [-0.05, 0) is 0 Å². The minimum absolute atomic E-state index is 0.0679. The van der Waals surface area contributed by atoms with E-state index in [0.29, 0.717) is 26.2 Å². The highest BCUT2D eigenvalue weighted by Crippen LogP contribution is 2.14. The topological polar surface area (TPSA) is 91.4 Å². The van der Waals surface area contributed by atoms with Crippen LogP contribution in [-0.2, 0) is 9.53 Å². The molecule has 0 atom stereocenters. The van der Waals surface area contributed by atoms with Crippen LogP contribution in [0.4, 0.5) is 13.2 Å². The molecule has 7 nitrogen and oxygen atoms in total. The van der Waals surface area contributed by atoms with Crippen molar-refractivity contribution in [1.82, 2.24) is 9.80 Å². The zero-order valence-corrected chi connectivity index (χ0v) is 10.8. The summed E-state index contributed by atoms with van der Waals surface area (Å²) >= 11 is 0. The highest BCUT2D eigenvalue weighted by atomic mass is 19.4. The molecule has 0 aliphatic carbocycles. The second-order valence-electron chi connectivity index (χ2n) is 4.36. The van der Waals surface area contributed by atoms with Crippen molar-refractivity contribution >= 4 is 11.7 Å². The molecule has 1 amide bonds. The van der Waals surface area contributed by atoms with E-state index in [4.69, 9.17) is 10.9 Å². The van der Waals surface area contributed by atoms with Crippen LogP contribution >= 0.6 is 0 Å². The monoisotopic (exact) mass is 298 g/mol. The largest absolute Gasteiger partial charge is 0.411 e. The Morgan fingerprint density at radius 2 is 1.90 bits per heavy atom. The number of amides is 1. The molecule has 3 N–H and O–H groups in total. The summed E-state index contributed by atoms with van der Waals surface area (Å²) < 4.78 is 39.9. The summed E-state index contributed by atoms with van der Waals surface area (Å²) in [5, 5.41) is 11.3. The van der Waals surface area contributed by atoms with Gasteiger partial charge in [-0.2, -0.15) is 13.2 Å². The van der Waals surface area contributed by atoms with Crippen molar-refractivity contribution in [2.24, 2.45) is 10.9 Å². The van der Waals surface area contributed by atoms with Gasteiger partial charge in [0, 0.05) is 26.2 Å². The first-order chi connectivity index (χ1) is 9.31. The van der Waals surface area contributed by atoms with Gasteiger partial charge in [0.25, 0.3) is 0 Å². The first-order valence-corrected chi connectivity index (χ1v) is 5.93. The van der Waals surface area contributed by atoms with E-state index in [-0.39, 0.29) is 12.4 Å². The molecule has 1 fully saturated rings. The third-order valence-electron chi connectivity index (χ3n) is 2.73. The number of hydrogen-bond acceptors (Lipinski definition) is 5. The van der Waals surface area contributed by atoms with Crippen molar-refractivity contribution in [3.63, 3.8) is 0 Å². The van der Waals surface area contributed by atoms with Crippen LogP contribution in [0.2, 0.25) is 0 Å². The zero-order valence-electron chi connectivity index (χ0n) is 10.8. The third kappa shape index (κ3) is 6.06. The molecule has 10 heteroatoms. The standard InChI is InChI=1S/C10H17F3N4O3/c11-10(12,13)7-20-6-9(18)17-3-1-16(2-4-17)5-8(14)15-19/h19H,1-7H2,(H2,14,15). The molecule has 0 saturated carbocycles. The Morgan fingerprint density at radius 1 is 1.30 bits per heavy atom. The number of ether oxygens (including phenoxy) is 1. The Hall–Kier alpha value is -1.55. The number of alkyl halides is 3. The van der Waals surface area contributed by atoms with Crippen molar-refractivity contribution in [1.29, 1.82) is 0 Å². The molecule has 0 unspecified atom stereocenters. The van der Waals surface area contributed by atoms with E-state index in [1.807, 2.05) is 4.90 Å². The van der Waals surface area contributed by atoms with Crippen LogP contribution < -0.4 is 5.73 Å². The molecule has 1 heterocycles. The smallest absolute Gasteiger partial charge is 0.409 e. The van der Waals surface area contributed by atoms with Gasteiger partial charge in [0.2, 0.25) is 5.91 Å². The molecule has 0 aromatic heterocycles. The fraction of sp³-hybridized carbons (Fsp3) is 0.800. The van der Waals surface area contributed by atoms with Crippen LogP contribution in [0, 0.1) is 0 Å². The van der Waals surface area contributed by atoms with Crippen molar-refractivity contribution in [2.45, 2.75) is 6.18 Å². The second kappa shape index (κ2) is 7.29. The molecule has 1 saturated heterocycles. The summed E-state index contributed by atoms with van der Waals surface area (Å²) in [4.78, 5) is 14.9. The maximum Gasteiger partial charge on any atom is 0.411 e. The third-order valence-corrected chi connectivity index (χ3v) is 2.73. The lowest BCUT2D eigenvalue weighted by atomic mass is 10.3. The molecule has 116 valence electrons. The number of halogens is 3. The van der Waals surface area contributed by atoms with Crippen LogP contribution in [0.3, 0.4) is 0 Å². The Kier molecular flexibility index (Phi) is 6.02. The normalized spacial score (nSPS) is 18.4. The van der Waals surface area contributed by atoms with Gasteiger partial charge in [0.15, 0.2) is 5.84 Å². The van der Waals surface area contributed by atoms with Crippen molar-refractivity contribution < 1.29 is 27.9 Å². The molecular weight excluding hydrogens is 281 g/mol. The molecule has 0 aromatic carbocycles. The summed E-state index contributed by atoms with van der Waals surface area (Å²) in [6, 6.07) is 0. The van der Waals surface area contributed by atoms with Crippen molar-refractivity contribution in [3.8, 4) is 0 Å². The van der Waals surface area contributed by atoms with E-state index < -0.39 is 25.3 Å². The van der Waals surface area contributed by atoms with Gasteiger partial charge in [-0.3, -0.25) is 9.69 Å². The predicted octanol–water partition coefficient (Wildman–Crippen LogP) is -0.544. The quantitative estimate of drug-likeness (QED) is 0.308. The van der Waals surface area contributed by atoms with Crippen LogP contribution in [0.15, 0.2) is 5.16 Å². The lowest BCUT2D eigenvalue weighted by molar-refractivity contribution is -0.178. The minimum atomic E-state index is -4.43. The first-order valence-electron chi connectivity index (χ1n) is 5.93. The summed E-state index contributed by atoms with van der Waals surface area (Å²) in [5.41, 5.74) is 5.36. The number of piperazine rings is 1. The average molecular weight is 298 g/mol. The Labute approximate surface area is 113 Å². The van der Waals surface area contributed by atoms with Gasteiger partial charge in [-0.25, -0.2) is 0 Å². The number of carbonyl (C=O) groups excluding carboxylic acids is 1. The van der Waals surface area contributed by atoms with Crippen LogP contribution in [0.5, 0.6) is 0 Å². The van der Waals surface area contributed by atoms with E-state index in [1.54, 1.807) is 0 Å². The van der Waals surface area contributed by atoms with Gasteiger partial charge >= 0.3 is 6.18 Å². The lowest BCUT2D eigenvalue weighted by Gasteiger charge is -2.34. The number of oxime groups is 1. The van der Waals surface area contributed by atoms with Crippen molar-refractivity contribution in [2.75, 3.05) is 45.9 Å². The van der Waals surface area contributed by atoms with Crippen LogP contribution in [-0.4, -0.2) is 78.9 Å². The highest BCUT2D eigenvalue weighted by Gasteiger charge is 2.28. The van der Waals surface area contributed by atoms with E-state index in [0.717, 1.165) is 0 Å². The van der Waals surface area contributed by atoms with E-state index >= 15 is 0 Å². The molecule has 1 aliphatic rings. The molecule has 20 heavy (non-hydrogen) atoms. The maximum atomic E-state index is 11.9. The van der Waals surface area contributed by atoms with Gasteiger partial charge in [0.1, 0.15) is 13.2 Å². The summed E-state index contributed by atoms with van der Waals surface area (Å²) in [7, 11) is 0. The Balaban J connectivity index is 2.25. The SMILES string of the molecule is NC(CN1CCN(C(=O)COCC(F)(F)F)CC1)=NO. The molecule has 0 aromatic rings. The summed E-state index contributed by atoms with van der Waals surface area (Å²) in [5.74, 6) is -0.406. The number of rotatable bonds is 5. The molecule has 1 rings (SSSR count). The summed E-state index contributed by atoms with van der Waals surface area (Å²) in [6.45, 7) is 0.00730.